The quantitative estimate of drug-likeness (QED) is 0.774. The summed E-state index contributed by atoms with van der Waals surface area (Å²) in [5.74, 6) is 0.160. The SMILES string of the molecule is CC(C)(C)C(=O)NCCCC(=O)N1CCC[C@H]1C(=O)N1CCCC1. The number of hydrogen-bond donors (Lipinski definition) is 1. The summed E-state index contributed by atoms with van der Waals surface area (Å²) in [4.78, 5) is 40.5. The van der Waals surface area contributed by atoms with Crippen LogP contribution in [0.1, 0.15) is 59.3 Å². The fourth-order valence-electron chi connectivity index (χ4n) is 3.32. The van der Waals surface area contributed by atoms with E-state index in [9.17, 15) is 14.4 Å². The Balaban J connectivity index is 1.76. The molecule has 6 heteroatoms. The van der Waals surface area contributed by atoms with E-state index in [1.807, 2.05) is 25.7 Å². The van der Waals surface area contributed by atoms with E-state index < -0.39 is 5.41 Å². The van der Waals surface area contributed by atoms with Crippen LogP contribution in [0.5, 0.6) is 0 Å². The smallest absolute Gasteiger partial charge is 0.245 e. The van der Waals surface area contributed by atoms with Gasteiger partial charge in [0.2, 0.25) is 17.7 Å². The first-order chi connectivity index (χ1) is 11.3. The summed E-state index contributed by atoms with van der Waals surface area (Å²) in [5, 5.41) is 2.86. The third kappa shape index (κ3) is 4.71. The van der Waals surface area contributed by atoms with E-state index in [4.69, 9.17) is 0 Å². The van der Waals surface area contributed by atoms with Crippen molar-refractivity contribution in [1.29, 1.82) is 0 Å². The average molecular weight is 337 g/mol. The van der Waals surface area contributed by atoms with Crippen LogP contribution in [0.4, 0.5) is 0 Å². The summed E-state index contributed by atoms with van der Waals surface area (Å²) in [7, 11) is 0. The standard InChI is InChI=1S/C18H31N3O3/c1-18(2,3)17(24)19-10-6-9-15(22)21-13-7-8-14(21)16(23)20-11-4-5-12-20/h14H,4-13H2,1-3H3,(H,19,24)/t14-/m0/s1. The van der Waals surface area contributed by atoms with E-state index in [1.165, 1.54) is 0 Å². The zero-order valence-corrected chi connectivity index (χ0v) is 15.3. The number of likely N-dealkylation sites (tertiary alicyclic amines) is 2. The third-order valence-corrected chi connectivity index (χ3v) is 4.81. The Hall–Kier alpha value is -1.59. The third-order valence-electron chi connectivity index (χ3n) is 4.81. The number of hydrogen-bond acceptors (Lipinski definition) is 3. The van der Waals surface area contributed by atoms with Crippen molar-refractivity contribution in [2.24, 2.45) is 5.41 Å². The minimum Gasteiger partial charge on any atom is -0.356 e. The highest BCUT2D eigenvalue weighted by atomic mass is 16.2. The maximum atomic E-state index is 12.6. The van der Waals surface area contributed by atoms with Gasteiger partial charge in [-0.1, -0.05) is 20.8 Å². The van der Waals surface area contributed by atoms with Gasteiger partial charge in [0.15, 0.2) is 0 Å². The van der Waals surface area contributed by atoms with Crippen LogP contribution in [-0.4, -0.2) is 59.7 Å². The second-order valence-electron chi connectivity index (χ2n) is 7.89. The van der Waals surface area contributed by atoms with Crippen molar-refractivity contribution in [2.75, 3.05) is 26.2 Å². The van der Waals surface area contributed by atoms with Crippen LogP contribution >= 0.6 is 0 Å². The van der Waals surface area contributed by atoms with Crippen molar-refractivity contribution in [3.05, 3.63) is 0 Å². The van der Waals surface area contributed by atoms with Gasteiger partial charge in [-0.3, -0.25) is 14.4 Å². The monoisotopic (exact) mass is 337 g/mol. The zero-order valence-electron chi connectivity index (χ0n) is 15.3. The molecule has 2 heterocycles. The Morgan fingerprint density at radius 1 is 1.04 bits per heavy atom. The first-order valence-corrected chi connectivity index (χ1v) is 9.17. The topological polar surface area (TPSA) is 69.7 Å². The fraction of sp³-hybridized carbons (Fsp3) is 0.833. The van der Waals surface area contributed by atoms with Crippen molar-refractivity contribution >= 4 is 17.7 Å². The van der Waals surface area contributed by atoms with Gasteiger partial charge in [0.25, 0.3) is 0 Å². The lowest BCUT2D eigenvalue weighted by Crippen LogP contribution is -2.47. The van der Waals surface area contributed by atoms with Crippen molar-refractivity contribution in [3.8, 4) is 0 Å². The molecule has 1 atom stereocenters. The fourth-order valence-corrected chi connectivity index (χ4v) is 3.32. The summed E-state index contributed by atoms with van der Waals surface area (Å²) in [6.07, 6.45) is 4.81. The molecule has 2 fully saturated rings. The minimum atomic E-state index is -0.411. The number of nitrogens with one attached hydrogen (secondary N) is 1. The van der Waals surface area contributed by atoms with Crippen LogP contribution in [0.3, 0.4) is 0 Å². The Morgan fingerprint density at radius 2 is 1.71 bits per heavy atom. The molecule has 0 spiro atoms. The van der Waals surface area contributed by atoms with Crippen molar-refractivity contribution in [3.63, 3.8) is 0 Å². The van der Waals surface area contributed by atoms with Crippen LogP contribution in [0.25, 0.3) is 0 Å². The van der Waals surface area contributed by atoms with Crippen LogP contribution in [0.15, 0.2) is 0 Å². The van der Waals surface area contributed by atoms with Crippen molar-refractivity contribution in [2.45, 2.75) is 65.3 Å². The molecule has 24 heavy (non-hydrogen) atoms. The molecule has 0 aromatic rings. The molecule has 0 bridgehead atoms. The molecule has 6 nitrogen and oxygen atoms in total. The minimum absolute atomic E-state index is 0.00166. The summed E-state index contributed by atoms with van der Waals surface area (Å²) in [6, 6.07) is -0.264. The first-order valence-electron chi connectivity index (χ1n) is 9.17. The van der Waals surface area contributed by atoms with Gasteiger partial charge in [0, 0.05) is 38.0 Å². The molecule has 2 aliphatic heterocycles. The number of rotatable bonds is 5. The second-order valence-corrected chi connectivity index (χ2v) is 7.89. The summed E-state index contributed by atoms with van der Waals surface area (Å²) in [5.41, 5.74) is -0.411. The van der Waals surface area contributed by atoms with E-state index >= 15 is 0 Å². The number of carbonyl (C=O) groups is 3. The molecule has 2 rings (SSSR count). The number of nitrogens with zero attached hydrogens (tertiary/aromatic N) is 2. The Morgan fingerprint density at radius 3 is 2.33 bits per heavy atom. The highest BCUT2D eigenvalue weighted by Gasteiger charge is 2.36. The van der Waals surface area contributed by atoms with Gasteiger partial charge in [-0.25, -0.2) is 0 Å². The molecule has 0 unspecified atom stereocenters. The lowest BCUT2D eigenvalue weighted by atomic mass is 9.96. The second kappa shape index (κ2) is 7.99. The molecule has 0 aliphatic carbocycles. The van der Waals surface area contributed by atoms with Gasteiger partial charge in [-0.2, -0.15) is 0 Å². The van der Waals surface area contributed by atoms with Crippen LogP contribution in [-0.2, 0) is 14.4 Å². The molecule has 0 aromatic heterocycles. The van der Waals surface area contributed by atoms with E-state index in [0.29, 0.717) is 25.9 Å². The predicted octanol–water partition coefficient (Wildman–Crippen LogP) is 1.54. The molecule has 0 aromatic carbocycles. The largest absolute Gasteiger partial charge is 0.356 e. The van der Waals surface area contributed by atoms with Crippen LogP contribution < -0.4 is 5.32 Å². The molecule has 2 saturated heterocycles. The Kier molecular flexibility index (Phi) is 6.24. The molecule has 0 saturated carbocycles. The van der Waals surface area contributed by atoms with Crippen molar-refractivity contribution in [1.82, 2.24) is 15.1 Å². The highest BCUT2D eigenvalue weighted by molar-refractivity contribution is 5.88. The van der Waals surface area contributed by atoms with E-state index in [-0.39, 0.29) is 23.8 Å². The maximum Gasteiger partial charge on any atom is 0.245 e. The Labute approximate surface area is 144 Å². The van der Waals surface area contributed by atoms with Gasteiger partial charge in [-0.05, 0) is 32.1 Å². The van der Waals surface area contributed by atoms with Crippen LogP contribution in [0, 0.1) is 5.41 Å². The van der Waals surface area contributed by atoms with Gasteiger partial charge in [0.05, 0.1) is 0 Å². The highest BCUT2D eigenvalue weighted by Crippen LogP contribution is 2.22. The molecule has 0 radical (unpaired) electrons. The average Bonchev–Trinajstić information content (AvgIpc) is 3.20. The van der Waals surface area contributed by atoms with E-state index in [1.54, 1.807) is 4.90 Å². The molecule has 1 N–H and O–H groups in total. The summed E-state index contributed by atoms with van der Waals surface area (Å²) in [6.45, 7) is 8.44. The number of amides is 3. The lowest BCUT2D eigenvalue weighted by Gasteiger charge is -2.28. The molecule has 136 valence electrons. The lowest BCUT2D eigenvalue weighted by molar-refractivity contribution is -0.143. The van der Waals surface area contributed by atoms with E-state index in [0.717, 1.165) is 38.8 Å². The maximum absolute atomic E-state index is 12.6. The van der Waals surface area contributed by atoms with Crippen molar-refractivity contribution < 1.29 is 14.4 Å². The summed E-state index contributed by atoms with van der Waals surface area (Å²) >= 11 is 0. The van der Waals surface area contributed by atoms with Gasteiger partial charge in [0.1, 0.15) is 6.04 Å². The molecular formula is C18H31N3O3. The van der Waals surface area contributed by atoms with E-state index in [2.05, 4.69) is 5.32 Å². The predicted molar refractivity (Wildman–Crippen MR) is 92.2 cm³/mol. The molecule has 3 amide bonds. The first kappa shape index (κ1) is 18.7. The molecular weight excluding hydrogens is 306 g/mol. The summed E-state index contributed by atoms with van der Waals surface area (Å²) < 4.78 is 0. The molecule has 2 aliphatic rings. The number of carbonyl (C=O) groups excluding carboxylic acids is 3. The van der Waals surface area contributed by atoms with Gasteiger partial charge < -0.3 is 15.1 Å². The van der Waals surface area contributed by atoms with Gasteiger partial charge in [-0.15, -0.1) is 0 Å². The normalized spacial score (nSPS) is 21.2. The Bertz CT molecular complexity index is 478. The zero-order chi connectivity index (χ0) is 17.7. The van der Waals surface area contributed by atoms with Gasteiger partial charge >= 0.3 is 0 Å². The van der Waals surface area contributed by atoms with Crippen LogP contribution in [0.2, 0.25) is 0 Å².